The second kappa shape index (κ2) is 7.76. The Balaban J connectivity index is 1.38. The molecule has 3 heterocycles. The summed E-state index contributed by atoms with van der Waals surface area (Å²) in [5, 5.41) is 20.7. The molecule has 2 fully saturated rings. The van der Waals surface area contributed by atoms with Gasteiger partial charge in [0, 0.05) is 42.0 Å². The molecule has 4 N–H and O–H groups in total. The highest BCUT2D eigenvalue weighted by Crippen LogP contribution is 2.47. The van der Waals surface area contributed by atoms with Crippen LogP contribution in [0.15, 0.2) is 35.5 Å². The second-order valence-electron chi connectivity index (χ2n) is 12.0. The highest BCUT2D eigenvalue weighted by Gasteiger charge is 2.43. The van der Waals surface area contributed by atoms with Crippen molar-refractivity contribution in [3.63, 3.8) is 0 Å². The predicted molar refractivity (Wildman–Crippen MR) is 139 cm³/mol. The van der Waals surface area contributed by atoms with Gasteiger partial charge in [0.05, 0.1) is 16.9 Å². The average molecular weight is 490 g/mol. The van der Waals surface area contributed by atoms with E-state index < -0.39 is 11.2 Å². The van der Waals surface area contributed by atoms with Crippen LogP contribution in [-0.2, 0) is 0 Å². The molecule has 3 aromatic rings. The maximum Gasteiger partial charge on any atom is 0.254 e. The molecule has 190 valence electrons. The molecule has 2 unspecified atom stereocenters. The van der Waals surface area contributed by atoms with E-state index >= 15 is 0 Å². The summed E-state index contributed by atoms with van der Waals surface area (Å²) in [6, 6.07) is 2.14. The number of nitrogens with two attached hydrogens (primary N) is 1. The highest BCUT2D eigenvalue weighted by molar-refractivity contribution is 5.72. The highest BCUT2D eigenvalue weighted by atomic mass is 16.3. The number of aromatic nitrogens is 4. The lowest BCUT2D eigenvalue weighted by Crippen LogP contribution is -2.44. The summed E-state index contributed by atoms with van der Waals surface area (Å²) >= 11 is 0. The van der Waals surface area contributed by atoms with E-state index in [9.17, 15) is 15.0 Å². The van der Waals surface area contributed by atoms with Gasteiger partial charge in [-0.15, -0.1) is 0 Å². The molecule has 0 aliphatic heterocycles. The lowest BCUT2D eigenvalue weighted by atomic mass is 9.71. The number of hydrogen-bond acceptors (Lipinski definition) is 6. The number of imidazole rings is 1. The number of aliphatic hydroxyl groups is 2. The molecule has 3 aliphatic carbocycles. The third kappa shape index (κ3) is 3.53. The zero-order chi connectivity index (χ0) is 25.6. The van der Waals surface area contributed by atoms with Crippen LogP contribution in [0.5, 0.6) is 0 Å². The summed E-state index contributed by atoms with van der Waals surface area (Å²) in [5.41, 5.74) is 8.38. The Hall–Kier alpha value is -2.97. The van der Waals surface area contributed by atoms with Gasteiger partial charge >= 0.3 is 0 Å². The Kier molecular flexibility index (Phi) is 5.05. The zero-order valence-electron chi connectivity index (χ0n) is 21.3. The van der Waals surface area contributed by atoms with Gasteiger partial charge in [-0.25, -0.2) is 9.97 Å². The van der Waals surface area contributed by atoms with Gasteiger partial charge in [0.1, 0.15) is 17.2 Å². The molecule has 2 atom stereocenters. The molecular weight excluding hydrogens is 454 g/mol. The van der Waals surface area contributed by atoms with E-state index in [1.165, 1.54) is 0 Å². The fraction of sp³-hybridized carbons (Fsp3) is 0.536. The first kappa shape index (κ1) is 23.4. The van der Waals surface area contributed by atoms with Gasteiger partial charge in [0.25, 0.3) is 5.56 Å². The number of allylic oxidation sites excluding steroid dienone is 1. The smallest absolute Gasteiger partial charge is 0.254 e. The first-order chi connectivity index (χ1) is 16.9. The van der Waals surface area contributed by atoms with Crippen molar-refractivity contribution in [3.05, 3.63) is 63.7 Å². The Bertz CT molecular complexity index is 1430. The normalized spacial score (nSPS) is 31.7. The Morgan fingerprint density at radius 2 is 1.94 bits per heavy atom. The molecule has 0 saturated heterocycles. The van der Waals surface area contributed by atoms with E-state index in [4.69, 9.17) is 10.7 Å². The van der Waals surface area contributed by atoms with Gasteiger partial charge < -0.3 is 20.5 Å². The van der Waals surface area contributed by atoms with Crippen LogP contribution >= 0.6 is 0 Å². The van der Waals surface area contributed by atoms with E-state index in [0.29, 0.717) is 18.7 Å². The second-order valence-corrected chi connectivity index (χ2v) is 12.0. The lowest BCUT2D eigenvalue weighted by Gasteiger charge is -2.43. The zero-order valence-corrected chi connectivity index (χ0v) is 21.3. The van der Waals surface area contributed by atoms with Crippen molar-refractivity contribution >= 4 is 17.4 Å². The molecule has 3 aromatic heterocycles. The Morgan fingerprint density at radius 1 is 1.22 bits per heavy atom. The Morgan fingerprint density at radius 3 is 2.61 bits per heavy atom. The third-order valence-electron chi connectivity index (χ3n) is 8.86. The number of nitrogen functional groups attached to an aromatic ring is 1. The number of hydrogen-bond donors (Lipinski definition) is 3. The van der Waals surface area contributed by atoms with Crippen LogP contribution in [0.3, 0.4) is 0 Å². The summed E-state index contributed by atoms with van der Waals surface area (Å²) in [6.07, 6.45) is 12.5. The standard InChI is InChI=1S/C28H35N5O3/c1-15-20(22-23-24(29)30-8-10-33(23)25(31-22)17-13-28(4,36)14-17)6-5-16-7-9-32(26(34)21(15)16)19-11-18(12-19)27(2,3)35/h5-10,15,17-20,35-36H,11-14H2,1-4H3,(H2,29,30). The van der Waals surface area contributed by atoms with E-state index in [2.05, 4.69) is 18.0 Å². The van der Waals surface area contributed by atoms with Crippen molar-refractivity contribution < 1.29 is 10.2 Å². The maximum absolute atomic E-state index is 13.7. The molecule has 8 nitrogen and oxygen atoms in total. The van der Waals surface area contributed by atoms with Crippen molar-refractivity contribution in [2.75, 3.05) is 5.73 Å². The van der Waals surface area contributed by atoms with Crippen LogP contribution in [0.1, 0.15) is 99.8 Å². The van der Waals surface area contributed by atoms with Crippen LogP contribution in [0.25, 0.3) is 11.6 Å². The summed E-state index contributed by atoms with van der Waals surface area (Å²) in [5.74, 6) is 1.45. The minimum Gasteiger partial charge on any atom is -0.390 e. The fourth-order valence-electron chi connectivity index (χ4n) is 6.56. The van der Waals surface area contributed by atoms with Gasteiger partial charge in [0.2, 0.25) is 0 Å². The van der Waals surface area contributed by atoms with Crippen molar-refractivity contribution in [1.82, 2.24) is 18.9 Å². The lowest BCUT2D eigenvalue weighted by molar-refractivity contribution is -0.0399. The number of fused-ring (bicyclic) bond motifs is 2. The predicted octanol–water partition coefficient (Wildman–Crippen LogP) is 3.74. The molecule has 0 spiro atoms. The van der Waals surface area contributed by atoms with Crippen molar-refractivity contribution in [2.45, 2.75) is 88.4 Å². The quantitative estimate of drug-likeness (QED) is 0.514. The molecule has 6 rings (SSSR count). The van der Waals surface area contributed by atoms with Crippen molar-refractivity contribution in [2.24, 2.45) is 5.92 Å². The molecule has 0 bridgehead atoms. The maximum atomic E-state index is 13.7. The summed E-state index contributed by atoms with van der Waals surface area (Å²) in [7, 11) is 0. The van der Waals surface area contributed by atoms with Gasteiger partial charge in [-0.2, -0.15) is 0 Å². The van der Waals surface area contributed by atoms with Gasteiger partial charge in [-0.3, -0.25) is 9.20 Å². The topological polar surface area (TPSA) is 119 Å². The van der Waals surface area contributed by atoms with E-state index in [0.717, 1.165) is 41.0 Å². The largest absolute Gasteiger partial charge is 0.390 e. The van der Waals surface area contributed by atoms with Crippen molar-refractivity contribution in [1.29, 1.82) is 0 Å². The third-order valence-corrected chi connectivity index (χ3v) is 8.86. The molecule has 2 saturated carbocycles. The molecule has 3 aliphatic rings. The van der Waals surface area contributed by atoms with Gasteiger partial charge in [-0.1, -0.05) is 19.1 Å². The van der Waals surface area contributed by atoms with Crippen LogP contribution in [0.4, 0.5) is 5.82 Å². The monoisotopic (exact) mass is 489 g/mol. The summed E-state index contributed by atoms with van der Waals surface area (Å²) in [6.45, 7) is 7.63. The molecule has 36 heavy (non-hydrogen) atoms. The first-order valence-electron chi connectivity index (χ1n) is 12.9. The number of anilines is 1. The van der Waals surface area contributed by atoms with Gasteiger partial charge in [-0.05, 0) is 69.9 Å². The first-order valence-corrected chi connectivity index (χ1v) is 12.9. The van der Waals surface area contributed by atoms with Crippen LogP contribution in [0, 0.1) is 5.92 Å². The van der Waals surface area contributed by atoms with Crippen LogP contribution in [-0.4, -0.2) is 40.4 Å². The number of nitrogens with zero attached hydrogens (tertiary/aromatic N) is 4. The van der Waals surface area contributed by atoms with E-state index in [-0.39, 0.29) is 35.3 Å². The summed E-state index contributed by atoms with van der Waals surface area (Å²) in [4.78, 5) is 23.2. The minimum absolute atomic E-state index is 0.0402. The fourth-order valence-corrected chi connectivity index (χ4v) is 6.56. The SMILES string of the molecule is CC1c2c(ccn(C3CC(C(C)(C)O)C3)c2=O)C=CC1c1nc(C2CC(C)(O)C2)n2ccnc(N)c12. The van der Waals surface area contributed by atoms with Crippen molar-refractivity contribution in [3.8, 4) is 0 Å². The molecule has 0 aromatic carbocycles. The average Bonchev–Trinajstić information content (AvgIpc) is 3.12. The van der Waals surface area contributed by atoms with Crippen LogP contribution < -0.4 is 11.3 Å². The van der Waals surface area contributed by atoms with E-state index in [1.54, 1.807) is 6.20 Å². The number of rotatable bonds is 4. The molecule has 0 amide bonds. The van der Waals surface area contributed by atoms with E-state index in [1.807, 2.05) is 54.3 Å². The molecule has 8 heteroatoms. The number of pyridine rings is 1. The van der Waals surface area contributed by atoms with Gasteiger partial charge in [0.15, 0.2) is 0 Å². The minimum atomic E-state index is -0.725. The summed E-state index contributed by atoms with van der Waals surface area (Å²) < 4.78 is 3.87. The van der Waals surface area contributed by atoms with Crippen LogP contribution in [0.2, 0.25) is 0 Å². The molecule has 0 radical (unpaired) electrons. The Labute approximate surface area is 210 Å². The molecular formula is C28H35N5O3.